The van der Waals surface area contributed by atoms with Gasteiger partial charge in [-0.2, -0.15) is 11.8 Å². The van der Waals surface area contributed by atoms with Gasteiger partial charge in [-0.15, -0.1) is 0 Å². The summed E-state index contributed by atoms with van der Waals surface area (Å²) >= 11 is 6.62. The molecule has 0 radical (unpaired) electrons. The first-order chi connectivity index (χ1) is 6.74. The van der Waals surface area contributed by atoms with Gasteiger partial charge in [-0.25, -0.2) is 4.98 Å². The molecule has 0 aliphatic heterocycles. The Bertz CT molecular complexity index is 297. The number of anilines is 1. The molecule has 5 heteroatoms. The van der Waals surface area contributed by atoms with Crippen molar-refractivity contribution in [2.24, 2.45) is 5.73 Å². The van der Waals surface area contributed by atoms with Gasteiger partial charge in [-0.05, 0) is 18.4 Å². The largest absolute Gasteiger partial charge is 0.389 e. The molecule has 3 nitrogen and oxygen atoms in total. The standard InChI is InChI=1S/C9H13N3S2/c1-14-5-4-11-8-3-2-7(6-12-8)9(10)13/h2-3,6H,4-5H2,1H3,(H2,10,13)(H,11,12). The lowest BCUT2D eigenvalue weighted by molar-refractivity contribution is 1.17. The van der Waals surface area contributed by atoms with Gasteiger partial charge in [-0.1, -0.05) is 12.2 Å². The Kier molecular flexibility index (Phi) is 4.69. The smallest absolute Gasteiger partial charge is 0.125 e. The average molecular weight is 227 g/mol. The molecule has 0 aromatic carbocycles. The number of thiocarbonyl (C=S) groups is 1. The Morgan fingerprint density at radius 3 is 2.93 bits per heavy atom. The number of nitrogens with two attached hydrogens (primary N) is 1. The Morgan fingerprint density at radius 2 is 2.43 bits per heavy atom. The molecule has 0 saturated carbocycles. The van der Waals surface area contributed by atoms with Crippen LogP contribution < -0.4 is 11.1 Å². The Balaban J connectivity index is 2.51. The van der Waals surface area contributed by atoms with Crippen LogP contribution in [0.5, 0.6) is 0 Å². The van der Waals surface area contributed by atoms with Crippen molar-refractivity contribution in [3.05, 3.63) is 23.9 Å². The van der Waals surface area contributed by atoms with Gasteiger partial charge in [0, 0.05) is 24.1 Å². The summed E-state index contributed by atoms with van der Waals surface area (Å²) < 4.78 is 0. The number of nitrogens with one attached hydrogen (secondary N) is 1. The van der Waals surface area contributed by atoms with Gasteiger partial charge in [0.1, 0.15) is 10.8 Å². The second kappa shape index (κ2) is 5.82. The van der Waals surface area contributed by atoms with E-state index in [2.05, 4.69) is 16.6 Å². The topological polar surface area (TPSA) is 50.9 Å². The monoisotopic (exact) mass is 227 g/mol. The van der Waals surface area contributed by atoms with Gasteiger partial charge < -0.3 is 11.1 Å². The molecule has 14 heavy (non-hydrogen) atoms. The van der Waals surface area contributed by atoms with E-state index >= 15 is 0 Å². The first-order valence-corrected chi connectivity index (χ1v) is 6.03. The Hall–Kier alpha value is -0.810. The van der Waals surface area contributed by atoms with Gasteiger partial charge in [0.05, 0.1) is 0 Å². The van der Waals surface area contributed by atoms with Crippen LogP contribution >= 0.6 is 24.0 Å². The first kappa shape index (κ1) is 11.3. The minimum atomic E-state index is 0.383. The number of hydrogen-bond donors (Lipinski definition) is 2. The lowest BCUT2D eigenvalue weighted by Crippen LogP contribution is -2.10. The number of aromatic nitrogens is 1. The van der Waals surface area contributed by atoms with Crippen LogP contribution in [0.4, 0.5) is 5.82 Å². The lowest BCUT2D eigenvalue weighted by Gasteiger charge is -2.04. The van der Waals surface area contributed by atoms with E-state index in [-0.39, 0.29) is 0 Å². The average Bonchev–Trinajstić information content (AvgIpc) is 2.19. The minimum Gasteiger partial charge on any atom is -0.389 e. The molecule has 1 rings (SSSR count). The van der Waals surface area contributed by atoms with E-state index in [4.69, 9.17) is 18.0 Å². The molecule has 3 N–H and O–H groups in total. The molecular formula is C9H13N3S2. The van der Waals surface area contributed by atoms with Gasteiger partial charge in [-0.3, -0.25) is 0 Å². The van der Waals surface area contributed by atoms with E-state index in [0.29, 0.717) is 4.99 Å². The molecule has 0 fully saturated rings. The minimum absolute atomic E-state index is 0.383. The maximum absolute atomic E-state index is 5.45. The highest BCUT2D eigenvalue weighted by Gasteiger charge is 1.96. The molecule has 1 aromatic rings. The fraction of sp³-hybridized carbons (Fsp3) is 0.333. The lowest BCUT2D eigenvalue weighted by atomic mass is 10.3. The molecule has 1 aromatic heterocycles. The van der Waals surface area contributed by atoms with Gasteiger partial charge in [0.15, 0.2) is 0 Å². The normalized spacial score (nSPS) is 9.79. The summed E-state index contributed by atoms with van der Waals surface area (Å²) in [7, 11) is 0. The molecule has 0 aliphatic rings. The highest BCUT2D eigenvalue weighted by atomic mass is 32.2. The predicted octanol–water partition coefficient (Wildman–Crippen LogP) is 1.49. The zero-order chi connectivity index (χ0) is 10.4. The van der Waals surface area contributed by atoms with Crippen molar-refractivity contribution in [2.75, 3.05) is 23.9 Å². The summed E-state index contributed by atoms with van der Waals surface area (Å²) in [5.74, 6) is 1.93. The highest BCUT2D eigenvalue weighted by Crippen LogP contribution is 2.04. The molecule has 0 atom stereocenters. The van der Waals surface area contributed by atoms with Crippen LogP contribution in [0.3, 0.4) is 0 Å². The van der Waals surface area contributed by atoms with Crippen LogP contribution in [0.25, 0.3) is 0 Å². The molecule has 0 saturated heterocycles. The number of nitrogens with zero attached hydrogens (tertiary/aromatic N) is 1. The van der Waals surface area contributed by atoms with Crippen molar-refractivity contribution in [2.45, 2.75) is 0 Å². The van der Waals surface area contributed by atoms with Crippen LogP contribution in [0.15, 0.2) is 18.3 Å². The van der Waals surface area contributed by atoms with E-state index in [1.807, 2.05) is 12.1 Å². The third-order valence-electron chi connectivity index (χ3n) is 1.66. The van der Waals surface area contributed by atoms with Crippen LogP contribution in [-0.2, 0) is 0 Å². The van der Waals surface area contributed by atoms with Crippen molar-refractivity contribution in [3.63, 3.8) is 0 Å². The van der Waals surface area contributed by atoms with Gasteiger partial charge in [0.2, 0.25) is 0 Å². The SMILES string of the molecule is CSCCNc1ccc(C(N)=S)cn1. The molecule has 0 aliphatic carbocycles. The second-order valence-electron chi connectivity index (χ2n) is 2.72. The molecule has 1 heterocycles. The second-order valence-corrected chi connectivity index (χ2v) is 4.14. The van der Waals surface area contributed by atoms with Crippen molar-refractivity contribution in [3.8, 4) is 0 Å². The number of rotatable bonds is 5. The molecular weight excluding hydrogens is 214 g/mol. The summed E-state index contributed by atoms with van der Waals surface area (Å²) in [5, 5.41) is 3.20. The van der Waals surface area contributed by atoms with Crippen LogP contribution in [0.2, 0.25) is 0 Å². The van der Waals surface area contributed by atoms with Gasteiger partial charge >= 0.3 is 0 Å². The Morgan fingerprint density at radius 1 is 1.64 bits per heavy atom. The van der Waals surface area contributed by atoms with Crippen LogP contribution in [0.1, 0.15) is 5.56 Å². The molecule has 0 bridgehead atoms. The van der Waals surface area contributed by atoms with Gasteiger partial charge in [0.25, 0.3) is 0 Å². The summed E-state index contributed by atoms with van der Waals surface area (Å²) in [6, 6.07) is 3.76. The van der Waals surface area contributed by atoms with Crippen LogP contribution in [0, 0.1) is 0 Å². The maximum Gasteiger partial charge on any atom is 0.125 e. The number of thioether (sulfide) groups is 1. The van der Waals surface area contributed by atoms with Crippen LogP contribution in [-0.4, -0.2) is 28.5 Å². The zero-order valence-corrected chi connectivity index (χ0v) is 9.62. The summed E-state index contributed by atoms with van der Waals surface area (Å²) in [5.41, 5.74) is 6.25. The summed E-state index contributed by atoms with van der Waals surface area (Å²) in [4.78, 5) is 4.57. The van der Waals surface area contributed by atoms with E-state index in [1.165, 1.54) is 0 Å². The summed E-state index contributed by atoms with van der Waals surface area (Å²) in [6.07, 6.45) is 3.76. The highest BCUT2D eigenvalue weighted by molar-refractivity contribution is 7.98. The predicted molar refractivity (Wildman–Crippen MR) is 67.0 cm³/mol. The molecule has 0 unspecified atom stereocenters. The zero-order valence-electron chi connectivity index (χ0n) is 7.99. The van der Waals surface area contributed by atoms with Crippen molar-refractivity contribution < 1.29 is 0 Å². The quantitative estimate of drug-likeness (QED) is 0.589. The third-order valence-corrected chi connectivity index (χ3v) is 2.51. The first-order valence-electron chi connectivity index (χ1n) is 4.22. The van der Waals surface area contributed by atoms with Crippen molar-refractivity contribution in [1.82, 2.24) is 4.98 Å². The van der Waals surface area contributed by atoms with Crippen molar-refractivity contribution in [1.29, 1.82) is 0 Å². The fourth-order valence-electron chi connectivity index (χ4n) is 0.925. The number of hydrogen-bond acceptors (Lipinski definition) is 4. The number of pyridine rings is 1. The molecule has 0 amide bonds. The van der Waals surface area contributed by atoms with E-state index in [9.17, 15) is 0 Å². The van der Waals surface area contributed by atoms with E-state index < -0.39 is 0 Å². The molecule has 0 spiro atoms. The Labute approximate surface area is 93.5 Å². The summed E-state index contributed by atoms with van der Waals surface area (Å²) in [6.45, 7) is 0.917. The maximum atomic E-state index is 5.45. The fourth-order valence-corrected chi connectivity index (χ4v) is 1.35. The van der Waals surface area contributed by atoms with E-state index in [0.717, 1.165) is 23.7 Å². The third kappa shape index (κ3) is 3.51. The molecule has 76 valence electrons. The van der Waals surface area contributed by atoms with Crippen molar-refractivity contribution >= 4 is 34.8 Å². The van der Waals surface area contributed by atoms with E-state index in [1.54, 1.807) is 18.0 Å².